The topological polar surface area (TPSA) is 26.0 Å². The van der Waals surface area contributed by atoms with Crippen molar-refractivity contribution in [2.45, 2.75) is 13.8 Å². The number of nitrogens with two attached hydrogens (primary N) is 1. The molecule has 1 nitrogen and oxygen atoms in total. The minimum Gasteiger partial charge on any atom is -0.398 e. The summed E-state index contributed by atoms with van der Waals surface area (Å²) in [5, 5.41) is 0. The summed E-state index contributed by atoms with van der Waals surface area (Å²) in [5.41, 5.74) is 9.26. The summed E-state index contributed by atoms with van der Waals surface area (Å²) in [5.74, 6) is 0. The molecule has 0 aliphatic heterocycles. The van der Waals surface area contributed by atoms with Crippen LogP contribution in [-0.4, -0.2) is 0 Å². The maximum Gasteiger partial charge on any atom is 0.0402 e. The first-order valence-corrected chi connectivity index (χ1v) is 5.42. The van der Waals surface area contributed by atoms with E-state index in [9.17, 15) is 0 Å². The van der Waals surface area contributed by atoms with E-state index in [1.165, 1.54) is 15.3 Å². The van der Waals surface area contributed by atoms with Crippen molar-refractivity contribution < 1.29 is 0 Å². The summed E-state index contributed by atoms with van der Waals surface area (Å²) in [6.07, 6.45) is 0. The molecule has 2 heteroatoms. The summed E-state index contributed by atoms with van der Waals surface area (Å²) in [6, 6.07) is 10.2. The van der Waals surface area contributed by atoms with Crippen molar-refractivity contribution in [3.63, 3.8) is 0 Å². The van der Waals surface area contributed by atoms with Gasteiger partial charge in [-0.25, -0.2) is 0 Å². The van der Waals surface area contributed by atoms with Gasteiger partial charge in [0, 0.05) is 21.0 Å². The summed E-state index contributed by atoms with van der Waals surface area (Å²) >= 11 is 1.80. The molecule has 0 amide bonds. The van der Waals surface area contributed by atoms with Gasteiger partial charge in [0.1, 0.15) is 0 Å². The molecular weight excluding hydrogens is 190 g/mol. The third kappa shape index (κ3) is 1.53. The van der Waals surface area contributed by atoms with Gasteiger partial charge < -0.3 is 5.73 Å². The van der Waals surface area contributed by atoms with Crippen LogP contribution in [0.2, 0.25) is 0 Å². The van der Waals surface area contributed by atoms with Crippen LogP contribution in [0.5, 0.6) is 0 Å². The van der Waals surface area contributed by atoms with E-state index in [0.29, 0.717) is 0 Å². The zero-order chi connectivity index (χ0) is 10.1. The number of rotatable bonds is 1. The molecule has 2 aromatic rings. The Morgan fingerprint density at radius 2 is 1.86 bits per heavy atom. The molecule has 1 heterocycles. The van der Waals surface area contributed by atoms with E-state index in [0.717, 1.165) is 11.3 Å². The first kappa shape index (κ1) is 9.28. The van der Waals surface area contributed by atoms with Gasteiger partial charge in [-0.15, -0.1) is 11.3 Å². The summed E-state index contributed by atoms with van der Waals surface area (Å²) in [4.78, 5) is 2.63. The van der Waals surface area contributed by atoms with Crippen LogP contribution in [0.15, 0.2) is 30.3 Å². The van der Waals surface area contributed by atoms with E-state index in [-0.39, 0.29) is 0 Å². The molecule has 1 aromatic heterocycles. The summed E-state index contributed by atoms with van der Waals surface area (Å²) < 4.78 is 0. The van der Waals surface area contributed by atoms with Crippen LogP contribution in [0.4, 0.5) is 5.69 Å². The van der Waals surface area contributed by atoms with Gasteiger partial charge in [0.15, 0.2) is 0 Å². The van der Waals surface area contributed by atoms with E-state index in [2.05, 4.69) is 26.0 Å². The Hall–Kier alpha value is -1.28. The minimum absolute atomic E-state index is 0.859. The van der Waals surface area contributed by atoms with Crippen molar-refractivity contribution >= 4 is 17.0 Å². The lowest BCUT2D eigenvalue weighted by atomic mass is 10.1. The van der Waals surface area contributed by atoms with Crippen LogP contribution >= 0.6 is 11.3 Å². The molecule has 0 aliphatic rings. The number of benzene rings is 1. The Morgan fingerprint density at radius 1 is 1.14 bits per heavy atom. The highest BCUT2D eigenvalue weighted by Gasteiger charge is 2.07. The number of hydrogen-bond acceptors (Lipinski definition) is 2. The predicted octanol–water partition coefficient (Wildman–Crippen LogP) is 3.61. The van der Waals surface area contributed by atoms with Crippen LogP contribution in [0.3, 0.4) is 0 Å². The quantitative estimate of drug-likeness (QED) is 0.704. The molecule has 1 aromatic carbocycles. The molecule has 0 radical (unpaired) electrons. The Kier molecular flexibility index (Phi) is 2.30. The lowest BCUT2D eigenvalue weighted by Gasteiger charge is -2.03. The molecule has 0 saturated carbocycles. The third-order valence-electron chi connectivity index (χ3n) is 2.25. The Labute approximate surface area is 88.2 Å². The standard InChI is InChI=1S/C12H13NS/c1-8-7-9(2)14-12(8)10-5-3-4-6-11(10)13/h3-7H,13H2,1-2H3. The Morgan fingerprint density at radius 3 is 2.43 bits per heavy atom. The van der Waals surface area contributed by atoms with Gasteiger partial charge in [-0.05, 0) is 31.5 Å². The van der Waals surface area contributed by atoms with Gasteiger partial charge in [-0.1, -0.05) is 18.2 Å². The van der Waals surface area contributed by atoms with E-state index >= 15 is 0 Å². The van der Waals surface area contributed by atoms with E-state index in [1.807, 2.05) is 18.2 Å². The second-order valence-electron chi connectivity index (χ2n) is 3.46. The second kappa shape index (κ2) is 3.46. The monoisotopic (exact) mass is 203 g/mol. The van der Waals surface area contributed by atoms with Crippen molar-refractivity contribution in [2.75, 3.05) is 5.73 Å². The lowest BCUT2D eigenvalue weighted by Crippen LogP contribution is -1.87. The number of aryl methyl sites for hydroxylation is 2. The van der Waals surface area contributed by atoms with Crippen molar-refractivity contribution in [1.29, 1.82) is 0 Å². The number of para-hydroxylation sites is 1. The average molecular weight is 203 g/mol. The van der Waals surface area contributed by atoms with Gasteiger partial charge in [-0.3, -0.25) is 0 Å². The molecule has 72 valence electrons. The first-order chi connectivity index (χ1) is 6.68. The van der Waals surface area contributed by atoms with Gasteiger partial charge >= 0.3 is 0 Å². The number of anilines is 1. The third-order valence-corrected chi connectivity index (χ3v) is 3.43. The molecule has 0 fully saturated rings. The van der Waals surface area contributed by atoms with E-state index < -0.39 is 0 Å². The molecule has 0 bridgehead atoms. The number of hydrogen-bond donors (Lipinski definition) is 1. The molecule has 0 aliphatic carbocycles. The fourth-order valence-electron chi connectivity index (χ4n) is 1.61. The first-order valence-electron chi connectivity index (χ1n) is 4.60. The zero-order valence-corrected chi connectivity index (χ0v) is 9.19. The average Bonchev–Trinajstić information content (AvgIpc) is 2.46. The number of thiophene rings is 1. The maximum absolute atomic E-state index is 5.94. The SMILES string of the molecule is Cc1cc(C)c(-c2ccccc2N)s1. The molecular formula is C12H13NS. The summed E-state index contributed by atoms with van der Waals surface area (Å²) in [6.45, 7) is 4.26. The molecule has 0 spiro atoms. The van der Waals surface area contributed by atoms with Crippen LogP contribution in [0.25, 0.3) is 10.4 Å². The largest absolute Gasteiger partial charge is 0.398 e. The highest BCUT2D eigenvalue weighted by atomic mass is 32.1. The van der Waals surface area contributed by atoms with Crippen molar-refractivity contribution in [2.24, 2.45) is 0 Å². The molecule has 0 unspecified atom stereocenters. The minimum atomic E-state index is 0.859. The van der Waals surface area contributed by atoms with Crippen LogP contribution in [0, 0.1) is 13.8 Å². The van der Waals surface area contributed by atoms with Crippen LogP contribution in [-0.2, 0) is 0 Å². The zero-order valence-electron chi connectivity index (χ0n) is 8.37. The Bertz CT molecular complexity index is 457. The van der Waals surface area contributed by atoms with Crippen molar-refractivity contribution in [3.8, 4) is 10.4 Å². The van der Waals surface area contributed by atoms with Gasteiger partial charge in [0.2, 0.25) is 0 Å². The molecule has 2 N–H and O–H groups in total. The van der Waals surface area contributed by atoms with Crippen LogP contribution in [0.1, 0.15) is 10.4 Å². The van der Waals surface area contributed by atoms with E-state index in [1.54, 1.807) is 11.3 Å². The lowest BCUT2D eigenvalue weighted by molar-refractivity contribution is 1.50. The summed E-state index contributed by atoms with van der Waals surface area (Å²) in [7, 11) is 0. The van der Waals surface area contributed by atoms with Gasteiger partial charge in [0.05, 0.1) is 0 Å². The fourth-order valence-corrected chi connectivity index (χ4v) is 2.69. The molecule has 0 atom stereocenters. The van der Waals surface area contributed by atoms with Gasteiger partial charge in [0.25, 0.3) is 0 Å². The smallest absolute Gasteiger partial charge is 0.0402 e. The van der Waals surface area contributed by atoms with Crippen molar-refractivity contribution in [3.05, 3.63) is 40.8 Å². The maximum atomic E-state index is 5.94. The van der Waals surface area contributed by atoms with Crippen molar-refractivity contribution in [1.82, 2.24) is 0 Å². The normalized spacial score (nSPS) is 10.4. The van der Waals surface area contributed by atoms with Crippen LogP contribution < -0.4 is 5.73 Å². The molecule has 14 heavy (non-hydrogen) atoms. The van der Waals surface area contributed by atoms with Gasteiger partial charge in [-0.2, -0.15) is 0 Å². The fraction of sp³-hybridized carbons (Fsp3) is 0.167. The van der Waals surface area contributed by atoms with E-state index in [4.69, 9.17) is 5.73 Å². The molecule has 0 saturated heterocycles. The highest BCUT2D eigenvalue weighted by Crippen LogP contribution is 2.34. The number of nitrogen functional groups attached to an aromatic ring is 1. The Balaban J connectivity index is 2.60. The predicted molar refractivity (Wildman–Crippen MR) is 63.6 cm³/mol. The second-order valence-corrected chi connectivity index (χ2v) is 4.71. The highest BCUT2D eigenvalue weighted by molar-refractivity contribution is 7.15. The molecule has 2 rings (SSSR count).